The Kier molecular flexibility index (Phi) is 4.17. The first-order valence-electron chi connectivity index (χ1n) is 12.4. The molecule has 4 aliphatic carbocycles. The summed E-state index contributed by atoms with van der Waals surface area (Å²) in [4.78, 5) is 56.9. The monoisotopic (exact) mass is 442 g/mol. The van der Waals surface area contributed by atoms with Crippen molar-refractivity contribution in [1.82, 2.24) is 9.80 Å². The Labute approximate surface area is 191 Å². The summed E-state index contributed by atoms with van der Waals surface area (Å²) >= 11 is 0. The number of carbonyl (C=O) groups excluding carboxylic acids is 4. The van der Waals surface area contributed by atoms with E-state index in [4.69, 9.17) is 0 Å². The standard InChI is InChI=1S/C26H38N2O4/c1-21(2)23(5)7-9-25(21,15-17(23)29)19(31)27-11-13-28(14-12-27)20(32)26-10-8-24(6,18(30)16-26)22(26,3)4/h7-16H2,1-6H3/t23-,24+,25-,26-/m0/s1. The van der Waals surface area contributed by atoms with Gasteiger partial charge in [-0.05, 0) is 36.5 Å². The molecule has 1 aliphatic heterocycles. The van der Waals surface area contributed by atoms with Crippen molar-refractivity contribution in [3.8, 4) is 0 Å². The van der Waals surface area contributed by atoms with Crippen LogP contribution in [0.25, 0.3) is 0 Å². The maximum atomic E-state index is 13.8. The molecule has 2 amide bonds. The zero-order chi connectivity index (χ0) is 23.5. The Morgan fingerprint density at radius 2 is 0.906 bits per heavy atom. The Morgan fingerprint density at radius 3 is 1.12 bits per heavy atom. The third kappa shape index (κ3) is 2.09. The SMILES string of the molecule is CC1(C)[C@@]2(C(=O)N3CCN(C(=O)[C@]45CC[C@](C)(C(=O)C4)C5(C)C)CC3)CC[C@@]1(C)C(=O)C2. The van der Waals surface area contributed by atoms with Gasteiger partial charge in [0.15, 0.2) is 0 Å². The van der Waals surface area contributed by atoms with Gasteiger partial charge in [-0.15, -0.1) is 0 Å². The number of nitrogens with zero attached hydrogens (tertiary/aromatic N) is 2. The van der Waals surface area contributed by atoms with E-state index in [-0.39, 0.29) is 34.2 Å². The summed E-state index contributed by atoms with van der Waals surface area (Å²) in [6, 6.07) is 0. The van der Waals surface area contributed by atoms with Crippen LogP contribution in [0.2, 0.25) is 0 Å². The highest BCUT2D eigenvalue weighted by Crippen LogP contribution is 2.72. The van der Waals surface area contributed by atoms with Gasteiger partial charge in [0.25, 0.3) is 0 Å². The zero-order valence-corrected chi connectivity index (χ0v) is 20.6. The van der Waals surface area contributed by atoms with Crippen LogP contribution < -0.4 is 0 Å². The minimum atomic E-state index is -0.600. The highest BCUT2D eigenvalue weighted by Gasteiger charge is 2.74. The number of rotatable bonds is 2. The molecule has 0 spiro atoms. The fraction of sp³-hybridized carbons (Fsp3) is 0.846. The average Bonchev–Trinajstić information content (AvgIpc) is 3.21. The molecule has 32 heavy (non-hydrogen) atoms. The smallest absolute Gasteiger partial charge is 0.229 e. The van der Waals surface area contributed by atoms with Crippen LogP contribution in [0.3, 0.4) is 0 Å². The number of hydrogen-bond acceptors (Lipinski definition) is 4. The van der Waals surface area contributed by atoms with Crippen molar-refractivity contribution < 1.29 is 19.2 Å². The maximum absolute atomic E-state index is 13.8. The van der Waals surface area contributed by atoms with Gasteiger partial charge in [-0.25, -0.2) is 0 Å². The summed E-state index contributed by atoms with van der Waals surface area (Å²) in [5.41, 5.74) is -2.70. The second-order valence-electron chi connectivity index (χ2n) is 12.9. The van der Waals surface area contributed by atoms with Gasteiger partial charge >= 0.3 is 0 Å². The number of carbonyl (C=O) groups is 4. The summed E-state index contributed by atoms with van der Waals surface area (Å²) < 4.78 is 0. The summed E-state index contributed by atoms with van der Waals surface area (Å²) in [5, 5.41) is 0. The van der Waals surface area contributed by atoms with Crippen LogP contribution in [-0.2, 0) is 19.2 Å². The molecule has 176 valence electrons. The first-order chi connectivity index (χ1) is 14.7. The molecule has 4 atom stereocenters. The molecule has 0 radical (unpaired) electrons. The van der Waals surface area contributed by atoms with Gasteiger partial charge in [0.2, 0.25) is 11.8 Å². The van der Waals surface area contributed by atoms with Crippen LogP contribution >= 0.6 is 0 Å². The van der Waals surface area contributed by atoms with Crippen molar-refractivity contribution >= 4 is 23.4 Å². The van der Waals surface area contributed by atoms with E-state index in [2.05, 4.69) is 27.7 Å². The zero-order valence-electron chi connectivity index (χ0n) is 20.6. The summed E-state index contributed by atoms with van der Waals surface area (Å²) in [6.45, 7) is 14.5. The van der Waals surface area contributed by atoms with Crippen LogP contribution in [0.5, 0.6) is 0 Å². The van der Waals surface area contributed by atoms with Crippen molar-refractivity contribution in [2.75, 3.05) is 26.2 Å². The van der Waals surface area contributed by atoms with E-state index in [1.807, 2.05) is 23.6 Å². The highest BCUT2D eigenvalue weighted by molar-refractivity contribution is 6.01. The van der Waals surface area contributed by atoms with Gasteiger partial charge in [-0.1, -0.05) is 41.5 Å². The van der Waals surface area contributed by atoms with Crippen LogP contribution in [0, 0.1) is 32.5 Å². The van der Waals surface area contributed by atoms with Crippen LogP contribution in [0.4, 0.5) is 0 Å². The van der Waals surface area contributed by atoms with Gasteiger partial charge < -0.3 is 9.80 Å². The lowest BCUT2D eigenvalue weighted by Gasteiger charge is -2.46. The van der Waals surface area contributed by atoms with E-state index in [1.54, 1.807) is 0 Å². The van der Waals surface area contributed by atoms with E-state index in [1.165, 1.54) is 0 Å². The normalized spacial score (nSPS) is 43.9. The van der Waals surface area contributed by atoms with E-state index in [0.29, 0.717) is 39.0 Å². The largest absolute Gasteiger partial charge is 0.339 e. The molecular weight excluding hydrogens is 404 g/mol. The number of ketones is 2. The number of fused-ring (bicyclic) bond motifs is 4. The lowest BCUT2D eigenvalue weighted by Crippen LogP contribution is -2.58. The van der Waals surface area contributed by atoms with Crippen LogP contribution in [-0.4, -0.2) is 59.4 Å². The Hall–Kier alpha value is -1.72. The number of piperazine rings is 1. The lowest BCUT2D eigenvalue weighted by molar-refractivity contribution is -0.156. The minimum Gasteiger partial charge on any atom is -0.339 e. The summed E-state index contributed by atoms with van der Waals surface area (Å²) in [7, 11) is 0. The van der Waals surface area contributed by atoms with Crippen LogP contribution in [0.1, 0.15) is 80.1 Å². The molecule has 6 nitrogen and oxygen atoms in total. The molecule has 1 heterocycles. The van der Waals surface area contributed by atoms with Gasteiger partial charge in [0.1, 0.15) is 11.6 Å². The van der Waals surface area contributed by atoms with Gasteiger partial charge in [0.05, 0.1) is 10.8 Å². The van der Waals surface area contributed by atoms with Crippen molar-refractivity contribution in [3.63, 3.8) is 0 Å². The summed E-state index contributed by atoms with van der Waals surface area (Å²) in [5.74, 6) is 0.666. The second-order valence-corrected chi connectivity index (χ2v) is 12.9. The maximum Gasteiger partial charge on any atom is 0.229 e. The topological polar surface area (TPSA) is 74.8 Å². The average molecular weight is 443 g/mol. The molecule has 5 rings (SSSR count). The van der Waals surface area contributed by atoms with Crippen molar-refractivity contribution in [1.29, 1.82) is 0 Å². The molecule has 1 saturated heterocycles. The molecule has 0 N–H and O–H groups in total. The van der Waals surface area contributed by atoms with E-state index < -0.39 is 21.7 Å². The van der Waals surface area contributed by atoms with E-state index >= 15 is 0 Å². The molecular formula is C26H38N2O4. The molecule has 6 heteroatoms. The van der Waals surface area contributed by atoms with Gasteiger partial charge in [-0.3, -0.25) is 19.2 Å². The number of amides is 2. The summed E-state index contributed by atoms with van der Waals surface area (Å²) in [6.07, 6.45) is 3.83. The predicted molar refractivity (Wildman–Crippen MR) is 120 cm³/mol. The third-order valence-corrected chi connectivity index (χ3v) is 12.1. The fourth-order valence-corrected chi connectivity index (χ4v) is 8.38. The number of hydrogen-bond donors (Lipinski definition) is 0. The quantitative estimate of drug-likeness (QED) is 0.658. The van der Waals surface area contributed by atoms with Crippen molar-refractivity contribution in [3.05, 3.63) is 0 Å². The van der Waals surface area contributed by atoms with Gasteiger partial charge in [0, 0.05) is 49.9 Å². The second kappa shape index (κ2) is 6.04. The predicted octanol–water partition coefficient (Wildman–Crippen LogP) is 3.23. The Balaban J connectivity index is 1.32. The molecule has 0 aromatic rings. The lowest BCUT2D eigenvalue weighted by atomic mass is 9.64. The Bertz CT molecular complexity index is 869. The molecule has 4 saturated carbocycles. The molecule has 0 aromatic carbocycles. The Morgan fingerprint density at radius 1 is 0.594 bits per heavy atom. The molecule has 4 bridgehead atoms. The first-order valence-corrected chi connectivity index (χ1v) is 12.4. The highest BCUT2D eigenvalue weighted by atomic mass is 16.2. The fourth-order valence-electron chi connectivity index (χ4n) is 8.38. The minimum absolute atomic E-state index is 0.104. The molecule has 5 fully saturated rings. The molecule has 5 aliphatic rings. The first kappa shape index (κ1) is 22.1. The molecule has 0 unspecified atom stereocenters. The van der Waals surface area contributed by atoms with Crippen molar-refractivity contribution in [2.45, 2.75) is 80.1 Å². The van der Waals surface area contributed by atoms with E-state index in [0.717, 1.165) is 25.7 Å². The van der Waals surface area contributed by atoms with Crippen LogP contribution in [0.15, 0.2) is 0 Å². The van der Waals surface area contributed by atoms with Gasteiger partial charge in [-0.2, -0.15) is 0 Å². The van der Waals surface area contributed by atoms with E-state index in [9.17, 15) is 19.2 Å². The van der Waals surface area contributed by atoms with Crippen molar-refractivity contribution in [2.24, 2.45) is 32.5 Å². The third-order valence-electron chi connectivity index (χ3n) is 12.1. The number of Topliss-reactive ketones (excluding diaryl/α,β-unsaturated/α-hetero) is 2. The molecule has 0 aromatic heterocycles.